The fourth-order valence-corrected chi connectivity index (χ4v) is 1.05. The molecule has 1 rings (SSSR count). The van der Waals surface area contributed by atoms with Crippen LogP contribution in [0.1, 0.15) is 0 Å². The lowest BCUT2D eigenvalue weighted by atomic mass is 10.3. The van der Waals surface area contributed by atoms with Crippen LogP contribution in [-0.4, -0.2) is 24.4 Å². The van der Waals surface area contributed by atoms with Gasteiger partial charge in [0, 0.05) is 4.47 Å². The maximum absolute atomic E-state index is 8.64. The lowest BCUT2D eigenvalue weighted by Crippen LogP contribution is -2.31. The predicted octanol–water partition coefficient (Wildman–Crippen LogP) is 1.57. The van der Waals surface area contributed by atoms with Crippen LogP contribution in [0.5, 0.6) is 5.75 Å². The number of rotatable bonds is 4. The summed E-state index contributed by atoms with van der Waals surface area (Å²) in [4.78, 5) is 0. The Morgan fingerprint density at radius 3 is 2.43 bits per heavy atom. The largest absolute Gasteiger partial charge is 0.492 e. The van der Waals surface area contributed by atoms with Crippen molar-refractivity contribution in [2.24, 2.45) is 5.73 Å². The number of hydrogen-bond acceptors (Lipinski definition) is 3. The van der Waals surface area contributed by atoms with Gasteiger partial charge in [-0.1, -0.05) is 15.9 Å². The average Bonchev–Trinajstić information content (AvgIpc) is 2.16. The number of aliphatic hydroxyl groups is 1. The monoisotopic (exact) mass is 281 g/mol. The van der Waals surface area contributed by atoms with Crippen LogP contribution in [0.4, 0.5) is 0 Å². The summed E-state index contributed by atoms with van der Waals surface area (Å²) in [6.07, 6.45) is 0. The molecule has 0 aliphatic rings. The summed E-state index contributed by atoms with van der Waals surface area (Å²) in [6.45, 7) is 0.272. The van der Waals surface area contributed by atoms with Crippen molar-refractivity contribution in [2.75, 3.05) is 13.2 Å². The molecule has 3 nitrogen and oxygen atoms in total. The fraction of sp³-hybridized carbons (Fsp3) is 0.333. The van der Waals surface area contributed by atoms with Gasteiger partial charge in [0.15, 0.2) is 0 Å². The van der Waals surface area contributed by atoms with Crippen molar-refractivity contribution in [3.8, 4) is 5.75 Å². The molecule has 0 saturated heterocycles. The molecule has 0 bridgehead atoms. The number of aliphatic hydroxyl groups excluding tert-OH is 1. The van der Waals surface area contributed by atoms with E-state index in [1.54, 1.807) is 0 Å². The Labute approximate surface area is 97.8 Å². The summed E-state index contributed by atoms with van der Waals surface area (Å²) in [7, 11) is 0. The Balaban J connectivity index is 0.00000169. The van der Waals surface area contributed by atoms with Crippen LogP contribution in [0.15, 0.2) is 28.7 Å². The van der Waals surface area contributed by atoms with E-state index < -0.39 is 0 Å². The Bertz CT molecular complexity index is 255. The van der Waals surface area contributed by atoms with Gasteiger partial charge in [0.2, 0.25) is 0 Å². The molecule has 1 aromatic carbocycles. The fourth-order valence-electron chi connectivity index (χ4n) is 0.787. The highest BCUT2D eigenvalue weighted by Crippen LogP contribution is 2.15. The third-order valence-electron chi connectivity index (χ3n) is 1.51. The molecule has 0 aromatic heterocycles. The van der Waals surface area contributed by atoms with Crippen LogP contribution < -0.4 is 10.5 Å². The van der Waals surface area contributed by atoms with Gasteiger partial charge in [-0.05, 0) is 24.3 Å². The molecule has 80 valence electrons. The first-order valence-corrected chi connectivity index (χ1v) is 4.76. The number of nitrogens with two attached hydrogens (primary N) is 1. The van der Waals surface area contributed by atoms with Crippen molar-refractivity contribution in [3.63, 3.8) is 0 Å². The molecule has 14 heavy (non-hydrogen) atoms. The van der Waals surface area contributed by atoms with Crippen LogP contribution >= 0.6 is 28.3 Å². The first-order chi connectivity index (χ1) is 6.22. The van der Waals surface area contributed by atoms with Gasteiger partial charge in [-0.25, -0.2) is 0 Å². The molecule has 0 saturated carbocycles. The third kappa shape index (κ3) is 4.81. The minimum Gasteiger partial charge on any atom is -0.492 e. The van der Waals surface area contributed by atoms with Crippen molar-refractivity contribution in [2.45, 2.75) is 6.04 Å². The van der Waals surface area contributed by atoms with Gasteiger partial charge >= 0.3 is 0 Å². The van der Waals surface area contributed by atoms with Crippen molar-refractivity contribution in [1.29, 1.82) is 0 Å². The molecule has 0 radical (unpaired) electrons. The summed E-state index contributed by atoms with van der Waals surface area (Å²) in [5.41, 5.74) is 5.47. The minimum absolute atomic E-state index is 0. The van der Waals surface area contributed by atoms with E-state index in [-0.39, 0.29) is 25.1 Å². The minimum atomic E-state index is -0.316. The van der Waals surface area contributed by atoms with Gasteiger partial charge < -0.3 is 15.6 Å². The molecule has 5 heteroatoms. The number of hydrogen-bond donors (Lipinski definition) is 2. The average molecular weight is 283 g/mol. The number of benzene rings is 1. The smallest absolute Gasteiger partial charge is 0.119 e. The summed E-state index contributed by atoms with van der Waals surface area (Å²) < 4.78 is 6.31. The van der Waals surface area contributed by atoms with Crippen LogP contribution in [0.2, 0.25) is 0 Å². The normalized spacial score (nSPS) is 11.6. The Morgan fingerprint density at radius 1 is 1.36 bits per heavy atom. The molecule has 1 aromatic rings. The molecule has 0 aliphatic heterocycles. The van der Waals surface area contributed by atoms with Gasteiger partial charge in [-0.2, -0.15) is 0 Å². The Hall–Kier alpha value is -0.290. The van der Waals surface area contributed by atoms with Gasteiger partial charge in [0.25, 0.3) is 0 Å². The van der Waals surface area contributed by atoms with E-state index in [1.807, 2.05) is 24.3 Å². The summed E-state index contributed by atoms with van der Waals surface area (Å²) in [5, 5.41) is 8.64. The molecule has 1 atom stereocenters. The number of ether oxygens (including phenoxy) is 1. The zero-order chi connectivity index (χ0) is 9.68. The van der Waals surface area contributed by atoms with Crippen molar-refractivity contribution in [1.82, 2.24) is 0 Å². The topological polar surface area (TPSA) is 55.5 Å². The summed E-state index contributed by atoms with van der Waals surface area (Å²) in [5.74, 6) is 0.757. The molecule has 0 aliphatic carbocycles. The SMILES string of the molecule is Cl.NC(CO)COc1ccc(Br)cc1. The second-order valence-electron chi connectivity index (χ2n) is 2.71. The lowest BCUT2D eigenvalue weighted by molar-refractivity contribution is 0.206. The van der Waals surface area contributed by atoms with Crippen LogP contribution in [0.25, 0.3) is 0 Å². The van der Waals surface area contributed by atoms with Gasteiger partial charge in [-0.3, -0.25) is 0 Å². The third-order valence-corrected chi connectivity index (χ3v) is 2.04. The zero-order valence-corrected chi connectivity index (χ0v) is 9.92. The van der Waals surface area contributed by atoms with Crippen molar-refractivity contribution >= 4 is 28.3 Å². The van der Waals surface area contributed by atoms with Crippen LogP contribution in [0.3, 0.4) is 0 Å². The standard InChI is InChI=1S/C9H12BrNO2.ClH/c10-7-1-3-9(4-2-7)13-6-8(11)5-12;/h1-4,8,12H,5-6,11H2;1H. The second-order valence-corrected chi connectivity index (χ2v) is 3.62. The van der Waals surface area contributed by atoms with E-state index in [2.05, 4.69) is 15.9 Å². The number of halogens is 2. The molecule has 0 fully saturated rings. The van der Waals surface area contributed by atoms with E-state index in [0.29, 0.717) is 6.61 Å². The van der Waals surface area contributed by atoms with E-state index in [1.165, 1.54) is 0 Å². The van der Waals surface area contributed by atoms with Crippen LogP contribution in [0, 0.1) is 0 Å². The lowest BCUT2D eigenvalue weighted by Gasteiger charge is -2.10. The summed E-state index contributed by atoms with van der Waals surface area (Å²) in [6, 6.07) is 7.14. The van der Waals surface area contributed by atoms with Crippen LogP contribution in [-0.2, 0) is 0 Å². The Kier molecular flexibility index (Phi) is 6.92. The highest BCUT2D eigenvalue weighted by molar-refractivity contribution is 9.10. The Morgan fingerprint density at radius 2 is 1.93 bits per heavy atom. The maximum Gasteiger partial charge on any atom is 0.119 e. The second kappa shape index (κ2) is 7.06. The summed E-state index contributed by atoms with van der Waals surface area (Å²) >= 11 is 3.32. The van der Waals surface area contributed by atoms with Crippen molar-refractivity contribution in [3.05, 3.63) is 28.7 Å². The maximum atomic E-state index is 8.64. The van der Waals surface area contributed by atoms with E-state index in [4.69, 9.17) is 15.6 Å². The first kappa shape index (κ1) is 13.7. The predicted molar refractivity (Wildman–Crippen MR) is 61.9 cm³/mol. The molecule has 0 amide bonds. The van der Waals surface area contributed by atoms with E-state index in [0.717, 1.165) is 10.2 Å². The first-order valence-electron chi connectivity index (χ1n) is 3.97. The molecular weight excluding hydrogens is 269 g/mol. The molecule has 3 N–H and O–H groups in total. The molecule has 0 heterocycles. The highest BCUT2D eigenvalue weighted by Gasteiger charge is 2.00. The molecule has 1 unspecified atom stereocenters. The quantitative estimate of drug-likeness (QED) is 0.881. The van der Waals surface area contributed by atoms with Gasteiger partial charge in [-0.15, -0.1) is 12.4 Å². The van der Waals surface area contributed by atoms with Gasteiger partial charge in [0.1, 0.15) is 12.4 Å². The van der Waals surface area contributed by atoms with Crippen molar-refractivity contribution < 1.29 is 9.84 Å². The molecule has 0 spiro atoms. The highest BCUT2D eigenvalue weighted by atomic mass is 79.9. The van der Waals surface area contributed by atoms with E-state index >= 15 is 0 Å². The zero-order valence-electron chi connectivity index (χ0n) is 7.52. The van der Waals surface area contributed by atoms with Gasteiger partial charge in [0.05, 0.1) is 12.6 Å². The van der Waals surface area contributed by atoms with E-state index in [9.17, 15) is 0 Å². The molecular formula is C9H13BrClNO2.